The number of morpholine rings is 1. The summed E-state index contributed by atoms with van der Waals surface area (Å²) in [5, 5.41) is 5.30. The molecular formula is C27H22ClN7O9S2. The fourth-order valence-corrected chi connectivity index (χ4v) is 6.54. The van der Waals surface area contributed by atoms with Gasteiger partial charge < -0.3 is 26.0 Å². The fourth-order valence-electron chi connectivity index (χ4n) is 5.11. The van der Waals surface area contributed by atoms with Gasteiger partial charge in [-0.05, 0) is 35.9 Å². The third kappa shape index (κ3) is 5.84. The van der Waals surface area contributed by atoms with E-state index in [4.69, 9.17) is 22.1 Å². The second kappa shape index (κ2) is 11.6. The monoisotopic (exact) mass is 687 g/mol. The first-order chi connectivity index (χ1) is 21.7. The fraction of sp³-hybridized carbons (Fsp3) is 0.148. The molecule has 1 saturated heterocycles. The van der Waals surface area contributed by atoms with E-state index in [-0.39, 0.29) is 50.9 Å². The van der Waals surface area contributed by atoms with Crippen molar-refractivity contribution < 1.29 is 40.3 Å². The number of carbonyl (C=O) groups excluding carboxylic acids is 2. The molecule has 0 bridgehead atoms. The van der Waals surface area contributed by atoms with Gasteiger partial charge in [0.15, 0.2) is 11.6 Å². The molecule has 238 valence electrons. The third-order valence-electron chi connectivity index (χ3n) is 7.15. The highest BCUT2D eigenvalue weighted by Crippen LogP contribution is 2.40. The lowest BCUT2D eigenvalue weighted by atomic mass is 9.82. The molecule has 2 aliphatic rings. The Morgan fingerprint density at radius 2 is 1.43 bits per heavy atom. The first kappa shape index (κ1) is 31.3. The van der Waals surface area contributed by atoms with Crippen LogP contribution in [0.3, 0.4) is 0 Å². The number of ether oxygens (including phenoxy) is 1. The summed E-state index contributed by atoms with van der Waals surface area (Å²) in [7, 11) is -9.82. The maximum atomic E-state index is 13.6. The van der Waals surface area contributed by atoms with Gasteiger partial charge in [-0.15, -0.1) is 0 Å². The normalized spacial score (nSPS) is 14.9. The number of fused-ring (bicyclic) bond motifs is 2. The Balaban J connectivity index is 1.46. The van der Waals surface area contributed by atoms with Crippen LogP contribution < -0.4 is 21.3 Å². The second-order valence-electron chi connectivity index (χ2n) is 10.0. The zero-order chi connectivity index (χ0) is 33.0. The van der Waals surface area contributed by atoms with E-state index in [1.54, 1.807) is 11.0 Å². The van der Waals surface area contributed by atoms with Crippen LogP contribution in [0.4, 0.5) is 34.6 Å². The molecular weight excluding hydrogens is 666 g/mol. The topological polar surface area (TPSA) is 244 Å². The van der Waals surface area contributed by atoms with Gasteiger partial charge in [-0.25, -0.2) is 0 Å². The molecule has 1 aliphatic heterocycles. The number of nitrogens with zero attached hydrogens (tertiary/aromatic N) is 4. The van der Waals surface area contributed by atoms with Crippen LogP contribution in [0.2, 0.25) is 5.28 Å². The molecule has 0 spiro atoms. The first-order valence-electron chi connectivity index (χ1n) is 13.2. The van der Waals surface area contributed by atoms with E-state index in [1.165, 1.54) is 30.3 Å². The molecule has 0 radical (unpaired) electrons. The molecule has 1 aromatic heterocycles. The van der Waals surface area contributed by atoms with Gasteiger partial charge in [0.05, 0.1) is 41.4 Å². The summed E-state index contributed by atoms with van der Waals surface area (Å²) in [6.07, 6.45) is 0. The first-order valence-corrected chi connectivity index (χ1v) is 16.5. The summed E-state index contributed by atoms with van der Waals surface area (Å²) < 4.78 is 74.3. The van der Waals surface area contributed by atoms with Crippen molar-refractivity contribution in [3.8, 4) is 0 Å². The van der Waals surface area contributed by atoms with Crippen LogP contribution in [0.1, 0.15) is 31.8 Å². The lowest BCUT2D eigenvalue weighted by Gasteiger charge is -2.26. The largest absolute Gasteiger partial charge is 0.397 e. The molecule has 19 heteroatoms. The molecule has 6 N–H and O–H groups in total. The molecule has 0 amide bonds. The number of hydrogen-bond acceptors (Lipinski definition) is 14. The number of ketones is 2. The molecule has 2 heterocycles. The van der Waals surface area contributed by atoms with Crippen LogP contribution in [-0.2, 0) is 25.0 Å². The van der Waals surface area contributed by atoms with E-state index in [0.29, 0.717) is 26.3 Å². The van der Waals surface area contributed by atoms with Gasteiger partial charge in [0.2, 0.25) is 17.2 Å². The van der Waals surface area contributed by atoms with Crippen molar-refractivity contribution in [3.63, 3.8) is 0 Å². The average Bonchev–Trinajstić information content (AvgIpc) is 2.99. The van der Waals surface area contributed by atoms with E-state index >= 15 is 0 Å². The predicted octanol–water partition coefficient (Wildman–Crippen LogP) is 2.70. The average molecular weight is 688 g/mol. The van der Waals surface area contributed by atoms with Crippen LogP contribution in [0.5, 0.6) is 0 Å². The van der Waals surface area contributed by atoms with Crippen molar-refractivity contribution in [2.75, 3.05) is 47.6 Å². The number of benzene rings is 3. The van der Waals surface area contributed by atoms with Gasteiger partial charge in [-0.2, -0.15) is 31.8 Å². The molecule has 1 fully saturated rings. The van der Waals surface area contributed by atoms with Crippen molar-refractivity contribution in [1.82, 2.24) is 15.0 Å². The standard InChI is InChI=1S/C27H22ClN7O9S2/c28-25-32-26(34-27(33-25)35-7-9-44-10-8-35)31-16-11-13(5-6-18(16)45(38,39)40)30-17-12-19(46(41,42)43)22(29)21-20(17)23(36)14-3-1-2-4-15(14)24(21)37/h1-6,11-12,30H,7-10,29H2,(H,38,39,40)(H,41,42,43)(H,31,32,33,34). The second-order valence-corrected chi connectivity index (χ2v) is 13.1. The molecule has 4 aromatic rings. The number of nitrogens with two attached hydrogens (primary N) is 1. The van der Waals surface area contributed by atoms with Crippen LogP contribution in [0.25, 0.3) is 0 Å². The number of halogens is 1. The van der Waals surface area contributed by atoms with Crippen LogP contribution >= 0.6 is 11.6 Å². The molecule has 0 atom stereocenters. The number of rotatable bonds is 7. The summed E-state index contributed by atoms with van der Waals surface area (Å²) in [4.78, 5) is 39.8. The number of nitrogens with one attached hydrogen (secondary N) is 2. The van der Waals surface area contributed by atoms with Gasteiger partial charge in [0, 0.05) is 29.9 Å². The lowest BCUT2D eigenvalue weighted by molar-refractivity contribution is 0.0980. The van der Waals surface area contributed by atoms with Gasteiger partial charge in [-0.1, -0.05) is 24.3 Å². The summed E-state index contributed by atoms with van der Waals surface area (Å²) in [6, 6.07) is 10.2. The Hall–Kier alpha value is -4.72. The smallest absolute Gasteiger partial charge is 0.296 e. The van der Waals surface area contributed by atoms with Crippen molar-refractivity contribution in [1.29, 1.82) is 0 Å². The van der Waals surface area contributed by atoms with E-state index in [0.717, 1.165) is 12.1 Å². The lowest BCUT2D eigenvalue weighted by Crippen LogP contribution is -2.37. The van der Waals surface area contributed by atoms with Gasteiger partial charge in [-0.3, -0.25) is 18.7 Å². The number of anilines is 6. The minimum absolute atomic E-state index is 0.0124. The third-order valence-corrected chi connectivity index (χ3v) is 9.13. The summed E-state index contributed by atoms with van der Waals surface area (Å²) in [5.41, 5.74) is 4.26. The number of aromatic nitrogens is 3. The highest BCUT2D eigenvalue weighted by Gasteiger charge is 2.36. The summed E-state index contributed by atoms with van der Waals surface area (Å²) in [6.45, 7) is 1.75. The summed E-state index contributed by atoms with van der Waals surface area (Å²) in [5.74, 6) is -1.41. The Bertz CT molecular complexity index is 2170. The highest BCUT2D eigenvalue weighted by atomic mass is 35.5. The quantitative estimate of drug-likeness (QED) is 0.122. The van der Waals surface area contributed by atoms with Crippen molar-refractivity contribution in [2.24, 2.45) is 0 Å². The maximum Gasteiger partial charge on any atom is 0.296 e. The zero-order valence-corrected chi connectivity index (χ0v) is 25.6. The molecule has 3 aromatic carbocycles. The SMILES string of the molecule is Nc1c(S(=O)(=O)O)cc(Nc2ccc(S(=O)(=O)O)c(Nc3nc(Cl)nc(N4CCOCC4)n3)c2)c2c1C(=O)c1ccccc1C2=O. The van der Waals surface area contributed by atoms with E-state index < -0.39 is 52.8 Å². The zero-order valence-electron chi connectivity index (χ0n) is 23.3. The Kier molecular flexibility index (Phi) is 7.87. The van der Waals surface area contributed by atoms with E-state index in [9.17, 15) is 35.5 Å². The van der Waals surface area contributed by atoms with Crippen LogP contribution in [-0.4, -0.2) is 78.8 Å². The minimum Gasteiger partial charge on any atom is -0.397 e. The Labute approximate surface area is 266 Å². The molecule has 6 rings (SSSR count). The van der Waals surface area contributed by atoms with Crippen molar-refractivity contribution >= 4 is 78.0 Å². The minimum atomic E-state index is -4.99. The van der Waals surface area contributed by atoms with Gasteiger partial charge >= 0.3 is 0 Å². The van der Waals surface area contributed by atoms with E-state index in [2.05, 4.69) is 25.6 Å². The van der Waals surface area contributed by atoms with Gasteiger partial charge in [0.25, 0.3) is 20.2 Å². The maximum absolute atomic E-state index is 13.6. The molecule has 46 heavy (non-hydrogen) atoms. The Morgan fingerprint density at radius 1 is 0.804 bits per heavy atom. The van der Waals surface area contributed by atoms with Crippen molar-refractivity contribution in [3.05, 3.63) is 76.1 Å². The van der Waals surface area contributed by atoms with Crippen LogP contribution in [0.15, 0.2) is 58.3 Å². The number of hydrogen-bond donors (Lipinski definition) is 5. The molecule has 1 aliphatic carbocycles. The Morgan fingerprint density at radius 3 is 2.07 bits per heavy atom. The van der Waals surface area contributed by atoms with E-state index in [1.807, 2.05) is 0 Å². The summed E-state index contributed by atoms with van der Waals surface area (Å²) >= 11 is 6.12. The predicted molar refractivity (Wildman–Crippen MR) is 165 cm³/mol. The highest BCUT2D eigenvalue weighted by molar-refractivity contribution is 7.86. The van der Waals surface area contributed by atoms with Crippen molar-refractivity contribution in [2.45, 2.75) is 9.79 Å². The van der Waals surface area contributed by atoms with Gasteiger partial charge in [0.1, 0.15) is 9.79 Å². The molecule has 0 saturated carbocycles. The molecule has 0 unspecified atom stereocenters. The molecule has 16 nitrogen and oxygen atoms in total. The number of carbonyl (C=O) groups is 2. The number of nitrogen functional groups attached to an aromatic ring is 1. The van der Waals surface area contributed by atoms with Crippen LogP contribution in [0, 0.1) is 0 Å².